The molecular weight excluding hydrogens is 292 g/mol. The van der Waals surface area contributed by atoms with Gasteiger partial charge in [0.1, 0.15) is 0 Å². The van der Waals surface area contributed by atoms with E-state index < -0.39 is 0 Å². The molecule has 0 radical (unpaired) electrons. The Morgan fingerprint density at radius 3 is 2.74 bits per heavy atom. The standard InChI is InChI=1S/C18H20N2O3/c1-3-4-11-17(21)20-13-14-8-7-12-19-18(14)23-16-10-6-5-9-15(16)22-2/h3-10,12H,11,13H2,1-2H3,(H,20,21)/b4-3+. The van der Waals surface area contributed by atoms with Crippen LogP contribution < -0.4 is 14.8 Å². The molecule has 0 atom stereocenters. The molecule has 0 aliphatic heterocycles. The smallest absolute Gasteiger partial charge is 0.224 e. The van der Waals surface area contributed by atoms with Crippen LogP contribution in [0.4, 0.5) is 0 Å². The number of benzene rings is 1. The maximum atomic E-state index is 11.7. The van der Waals surface area contributed by atoms with Gasteiger partial charge in [-0.3, -0.25) is 4.79 Å². The molecule has 0 saturated carbocycles. The first kappa shape index (κ1) is 16.5. The molecule has 0 aliphatic carbocycles. The predicted octanol–water partition coefficient (Wildman–Crippen LogP) is 3.46. The van der Waals surface area contributed by atoms with Crippen molar-refractivity contribution in [1.82, 2.24) is 10.3 Å². The number of hydrogen-bond acceptors (Lipinski definition) is 4. The van der Waals surface area contributed by atoms with E-state index in [0.29, 0.717) is 30.3 Å². The van der Waals surface area contributed by atoms with Crippen LogP contribution in [0, 0.1) is 0 Å². The highest BCUT2D eigenvalue weighted by molar-refractivity contribution is 5.77. The second-order valence-corrected chi connectivity index (χ2v) is 4.77. The Kier molecular flexibility index (Phi) is 6.17. The molecule has 120 valence electrons. The highest BCUT2D eigenvalue weighted by atomic mass is 16.5. The van der Waals surface area contributed by atoms with Crippen molar-refractivity contribution in [2.75, 3.05) is 7.11 Å². The molecule has 0 fully saturated rings. The number of amides is 1. The molecule has 1 N–H and O–H groups in total. The first-order chi connectivity index (χ1) is 11.2. The Morgan fingerprint density at radius 1 is 1.22 bits per heavy atom. The van der Waals surface area contributed by atoms with Crippen LogP contribution in [0.5, 0.6) is 17.4 Å². The van der Waals surface area contributed by atoms with E-state index in [1.165, 1.54) is 0 Å². The van der Waals surface area contributed by atoms with Gasteiger partial charge in [0, 0.05) is 24.7 Å². The van der Waals surface area contributed by atoms with Crippen molar-refractivity contribution in [2.24, 2.45) is 0 Å². The molecule has 2 rings (SSSR count). The Hall–Kier alpha value is -2.82. The number of nitrogens with one attached hydrogen (secondary N) is 1. The number of ether oxygens (including phenoxy) is 2. The van der Waals surface area contributed by atoms with Gasteiger partial charge in [0.2, 0.25) is 11.8 Å². The normalized spacial score (nSPS) is 10.5. The lowest BCUT2D eigenvalue weighted by Gasteiger charge is -2.12. The summed E-state index contributed by atoms with van der Waals surface area (Å²) < 4.78 is 11.1. The van der Waals surface area contributed by atoms with Gasteiger partial charge in [-0.2, -0.15) is 0 Å². The van der Waals surface area contributed by atoms with E-state index in [-0.39, 0.29) is 5.91 Å². The van der Waals surface area contributed by atoms with Crippen molar-refractivity contribution >= 4 is 5.91 Å². The van der Waals surface area contributed by atoms with E-state index in [9.17, 15) is 4.79 Å². The molecule has 23 heavy (non-hydrogen) atoms. The number of carbonyl (C=O) groups is 1. The lowest BCUT2D eigenvalue weighted by molar-refractivity contribution is -0.120. The number of methoxy groups -OCH3 is 1. The van der Waals surface area contributed by atoms with Crippen LogP contribution in [0.3, 0.4) is 0 Å². The molecule has 1 aromatic heterocycles. The number of carbonyl (C=O) groups excluding carboxylic acids is 1. The van der Waals surface area contributed by atoms with E-state index in [2.05, 4.69) is 10.3 Å². The summed E-state index contributed by atoms with van der Waals surface area (Å²) in [5.74, 6) is 1.61. The van der Waals surface area contributed by atoms with Crippen LogP contribution in [0.2, 0.25) is 0 Å². The fourth-order valence-corrected chi connectivity index (χ4v) is 1.95. The van der Waals surface area contributed by atoms with Gasteiger partial charge in [-0.05, 0) is 25.1 Å². The minimum Gasteiger partial charge on any atom is -0.493 e. The Labute approximate surface area is 136 Å². The van der Waals surface area contributed by atoms with Crippen molar-refractivity contribution < 1.29 is 14.3 Å². The average molecular weight is 312 g/mol. The average Bonchev–Trinajstić information content (AvgIpc) is 2.59. The number of rotatable bonds is 7. The lowest BCUT2D eigenvalue weighted by atomic mass is 10.2. The van der Waals surface area contributed by atoms with Gasteiger partial charge in [0.05, 0.1) is 7.11 Å². The highest BCUT2D eigenvalue weighted by Gasteiger charge is 2.10. The van der Waals surface area contributed by atoms with E-state index in [0.717, 1.165) is 5.56 Å². The largest absolute Gasteiger partial charge is 0.493 e. The van der Waals surface area contributed by atoms with Gasteiger partial charge in [-0.25, -0.2) is 4.98 Å². The van der Waals surface area contributed by atoms with Crippen molar-refractivity contribution in [3.8, 4) is 17.4 Å². The first-order valence-corrected chi connectivity index (χ1v) is 7.37. The summed E-state index contributed by atoms with van der Waals surface area (Å²) >= 11 is 0. The summed E-state index contributed by atoms with van der Waals surface area (Å²) in [6, 6.07) is 11.0. The SMILES string of the molecule is C/C=C/CC(=O)NCc1cccnc1Oc1ccccc1OC. The molecular formula is C18H20N2O3. The zero-order chi connectivity index (χ0) is 16.5. The third-order valence-electron chi connectivity index (χ3n) is 3.14. The third-order valence-corrected chi connectivity index (χ3v) is 3.14. The number of para-hydroxylation sites is 2. The predicted molar refractivity (Wildman–Crippen MR) is 88.6 cm³/mol. The maximum Gasteiger partial charge on any atom is 0.224 e. The van der Waals surface area contributed by atoms with E-state index >= 15 is 0 Å². The van der Waals surface area contributed by atoms with Gasteiger partial charge in [-0.1, -0.05) is 30.4 Å². The summed E-state index contributed by atoms with van der Waals surface area (Å²) in [4.78, 5) is 15.9. The molecule has 0 spiro atoms. The van der Waals surface area contributed by atoms with Crippen LogP contribution in [-0.2, 0) is 11.3 Å². The van der Waals surface area contributed by atoms with Gasteiger partial charge >= 0.3 is 0 Å². The molecule has 0 unspecified atom stereocenters. The van der Waals surface area contributed by atoms with Crippen molar-refractivity contribution in [3.63, 3.8) is 0 Å². The maximum absolute atomic E-state index is 11.7. The van der Waals surface area contributed by atoms with Crippen molar-refractivity contribution in [2.45, 2.75) is 19.9 Å². The molecule has 1 heterocycles. The summed E-state index contributed by atoms with van der Waals surface area (Å²) in [7, 11) is 1.59. The van der Waals surface area contributed by atoms with Crippen molar-refractivity contribution in [1.29, 1.82) is 0 Å². The van der Waals surface area contributed by atoms with Gasteiger partial charge < -0.3 is 14.8 Å². The van der Waals surface area contributed by atoms with Crippen LogP contribution >= 0.6 is 0 Å². The second-order valence-electron chi connectivity index (χ2n) is 4.77. The Balaban J connectivity index is 2.10. The van der Waals surface area contributed by atoms with Crippen molar-refractivity contribution in [3.05, 3.63) is 60.3 Å². The molecule has 1 aromatic carbocycles. The fraction of sp³-hybridized carbons (Fsp3) is 0.222. The molecule has 0 bridgehead atoms. The van der Waals surface area contributed by atoms with Gasteiger partial charge in [0.25, 0.3) is 0 Å². The Bertz CT molecular complexity index is 683. The number of aromatic nitrogens is 1. The fourth-order valence-electron chi connectivity index (χ4n) is 1.95. The van der Waals surface area contributed by atoms with Gasteiger partial charge in [-0.15, -0.1) is 0 Å². The monoisotopic (exact) mass is 312 g/mol. The summed E-state index contributed by atoms with van der Waals surface area (Å²) in [6.45, 7) is 2.24. The van der Waals surface area contributed by atoms with Crippen LogP contribution in [0.25, 0.3) is 0 Å². The number of pyridine rings is 1. The first-order valence-electron chi connectivity index (χ1n) is 7.37. The topological polar surface area (TPSA) is 60.5 Å². The van der Waals surface area contributed by atoms with Crippen LogP contribution in [0.1, 0.15) is 18.9 Å². The zero-order valence-electron chi connectivity index (χ0n) is 13.3. The number of hydrogen-bond donors (Lipinski definition) is 1. The third kappa shape index (κ3) is 4.85. The van der Waals surface area contributed by atoms with Gasteiger partial charge in [0.15, 0.2) is 11.5 Å². The molecule has 2 aromatic rings. The Morgan fingerprint density at radius 2 is 2.00 bits per heavy atom. The molecule has 0 saturated heterocycles. The second kappa shape index (κ2) is 8.58. The summed E-state index contributed by atoms with van der Waals surface area (Å²) in [5.41, 5.74) is 0.798. The molecule has 5 nitrogen and oxygen atoms in total. The minimum atomic E-state index is -0.0461. The quantitative estimate of drug-likeness (QED) is 0.795. The number of nitrogens with zero attached hydrogens (tertiary/aromatic N) is 1. The van der Waals surface area contributed by atoms with E-state index in [1.54, 1.807) is 13.3 Å². The zero-order valence-corrected chi connectivity index (χ0v) is 13.3. The summed E-state index contributed by atoms with van der Waals surface area (Å²) in [5, 5.41) is 2.85. The number of allylic oxidation sites excluding steroid dienone is 1. The highest BCUT2D eigenvalue weighted by Crippen LogP contribution is 2.31. The molecule has 1 amide bonds. The van der Waals surface area contributed by atoms with E-state index in [4.69, 9.17) is 9.47 Å². The minimum absolute atomic E-state index is 0.0461. The van der Waals surface area contributed by atoms with Crippen LogP contribution in [-0.4, -0.2) is 18.0 Å². The molecule has 0 aliphatic rings. The lowest BCUT2D eigenvalue weighted by Crippen LogP contribution is -2.22. The van der Waals surface area contributed by atoms with E-state index in [1.807, 2.05) is 55.5 Å². The van der Waals surface area contributed by atoms with Crippen LogP contribution in [0.15, 0.2) is 54.7 Å². The molecule has 5 heteroatoms. The summed E-state index contributed by atoms with van der Waals surface area (Å²) in [6.07, 6.45) is 5.67.